The van der Waals surface area contributed by atoms with Gasteiger partial charge in [0, 0.05) is 17.2 Å². The Kier molecular flexibility index (Phi) is 6.97. The lowest BCUT2D eigenvalue weighted by Gasteiger charge is -2.23. The van der Waals surface area contributed by atoms with Gasteiger partial charge < -0.3 is 9.47 Å². The van der Waals surface area contributed by atoms with Crippen LogP contribution in [0.25, 0.3) is 0 Å². The quantitative estimate of drug-likeness (QED) is 0.626. The minimum absolute atomic E-state index is 0.0572. The number of aryl methyl sites for hydroxylation is 1. The minimum atomic E-state index is -4.66. The zero-order chi connectivity index (χ0) is 21.8. The third-order valence-corrected chi connectivity index (χ3v) is 5.78. The Labute approximate surface area is 168 Å². The van der Waals surface area contributed by atoms with Crippen LogP contribution < -0.4 is 14.2 Å². The van der Waals surface area contributed by atoms with Crippen LogP contribution in [0.2, 0.25) is 0 Å². The fourth-order valence-corrected chi connectivity index (χ4v) is 3.87. The Morgan fingerprint density at radius 2 is 1.72 bits per heavy atom. The Morgan fingerprint density at radius 1 is 1.10 bits per heavy atom. The molecule has 0 spiro atoms. The molecule has 0 aliphatic carbocycles. The molecule has 158 valence electrons. The molecule has 0 bridgehead atoms. The fourth-order valence-electron chi connectivity index (χ4n) is 2.66. The zero-order valence-corrected chi connectivity index (χ0v) is 17.0. The molecule has 0 amide bonds. The summed E-state index contributed by atoms with van der Waals surface area (Å²) < 4.78 is 77.6. The summed E-state index contributed by atoms with van der Waals surface area (Å²) in [6, 6.07) is 9.18. The molecule has 9 heteroatoms. The van der Waals surface area contributed by atoms with Crippen LogP contribution >= 0.6 is 0 Å². The Hall–Kier alpha value is -2.52. The summed E-state index contributed by atoms with van der Waals surface area (Å²) in [4.78, 5) is -0.0572. The van der Waals surface area contributed by atoms with Gasteiger partial charge in [0.2, 0.25) is 10.0 Å². The Morgan fingerprint density at radius 3 is 2.24 bits per heavy atom. The van der Waals surface area contributed by atoms with Gasteiger partial charge in [0.25, 0.3) is 0 Å². The highest BCUT2D eigenvalue weighted by atomic mass is 32.2. The molecule has 0 aliphatic heterocycles. The van der Waals surface area contributed by atoms with E-state index in [0.29, 0.717) is 5.75 Å². The monoisotopic (exact) mass is 429 g/mol. The van der Waals surface area contributed by atoms with E-state index in [-0.39, 0.29) is 16.2 Å². The summed E-state index contributed by atoms with van der Waals surface area (Å²) in [5, 5.41) is 0. The maximum absolute atomic E-state index is 13.1. The van der Waals surface area contributed by atoms with Gasteiger partial charge in [0.15, 0.2) is 0 Å². The predicted molar refractivity (Wildman–Crippen MR) is 104 cm³/mol. The lowest BCUT2D eigenvalue weighted by Crippen LogP contribution is -2.30. The number of methoxy groups -OCH3 is 2. The van der Waals surface area contributed by atoms with Gasteiger partial charge >= 0.3 is 6.18 Å². The van der Waals surface area contributed by atoms with Crippen molar-refractivity contribution in [1.29, 1.82) is 0 Å². The van der Waals surface area contributed by atoms with Gasteiger partial charge in [-0.2, -0.15) is 13.2 Å². The number of ether oxygens (including phenoxy) is 2. The number of hydrogen-bond acceptors (Lipinski definition) is 4. The van der Waals surface area contributed by atoms with E-state index in [1.165, 1.54) is 44.6 Å². The number of benzene rings is 2. The molecule has 1 atom stereocenters. The number of rotatable bonds is 8. The van der Waals surface area contributed by atoms with Gasteiger partial charge in [-0.15, -0.1) is 0 Å². The first-order chi connectivity index (χ1) is 13.5. The SMILES string of the molecule is C=C(CC(NS(=O)(=O)c1ccc(C)cc1)c1ccc(OC)cc1OC)C(F)(F)F. The molecule has 2 rings (SSSR count). The molecule has 0 saturated heterocycles. The number of halogens is 3. The van der Waals surface area contributed by atoms with Crippen molar-refractivity contribution in [2.75, 3.05) is 14.2 Å². The van der Waals surface area contributed by atoms with Crippen LogP contribution in [-0.2, 0) is 10.0 Å². The summed E-state index contributed by atoms with van der Waals surface area (Å²) >= 11 is 0. The van der Waals surface area contributed by atoms with Crippen molar-refractivity contribution in [3.05, 3.63) is 65.7 Å². The topological polar surface area (TPSA) is 64.6 Å². The Bertz CT molecular complexity index is 970. The van der Waals surface area contributed by atoms with Crippen LogP contribution in [-0.4, -0.2) is 28.8 Å². The smallest absolute Gasteiger partial charge is 0.412 e. The first kappa shape index (κ1) is 22.8. The minimum Gasteiger partial charge on any atom is -0.497 e. The third kappa shape index (κ3) is 5.74. The van der Waals surface area contributed by atoms with E-state index < -0.39 is 34.2 Å². The lowest BCUT2D eigenvalue weighted by atomic mass is 9.99. The van der Waals surface area contributed by atoms with E-state index in [4.69, 9.17) is 9.47 Å². The third-order valence-electron chi connectivity index (χ3n) is 4.30. The van der Waals surface area contributed by atoms with Crippen molar-refractivity contribution in [3.63, 3.8) is 0 Å². The van der Waals surface area contributed by atoms with Gasteiger partial charge in [0.05, 0.1) is 25.2 Å². The molecule has 0 saturated carbocycles. The summed E-state index contributed by atoms with van der Waals surface area (Å²) in [5.41, 5.74) is 0.0177. The highest BCUT2D eigenvalue weighted by Crippen LogP contribution is 2.37. The molecule has 0 heterocycles. The molecule has 0 aromatic heterocycles. The predicted octanol–water partition coefficient (Wildman–Crippen LogP) is 4.54. The van der Waals surface area contributed by atoms with Crippen molar-refractivity contribution < 1.29 is 31.1 Å². The van der Waals surface area contributed by atoms with Crippen molar-refractivity contribution in [3.8, 4) is 11.5 Å². The molecule has 2 aromatic carbocycles. The van der Waals surface area contributed by atoms with Gasteiger partial charge in [-0.05, 0) is 31.5 Å². The fraction of sp³-hybridized carbons (Fsp3) is 0.300. The average molecular weight is 429 g/mol. The van der Waals surface area contributed by atoms with Crippen LogP contribution in [0.4, 0.5) is 13.2 Å². The van der Waals surface area contributed by atoms with Crippen LogP contribution in [0, 0.1) is 6.92 Å². The summed E-state index contributed by atoms with van der Waals surface area (Å²) in [7, 11) is -1.34. The standard InChI is InChI=1S/C20H22F3NO4S/c1-13-5-8-16(9-6-13)29(25,26)24-18(11-14(2)20(21,22)23)17-10-7-15(27-3)12-19(17)28-4/h5-10,12,18,24H,2,11H2,1,3-4H3. The van der Waals surface area contributed by atoms with Crippen molar-refractivity contribution in [2.45, 2.75) is 30.5 Å². The first-order valence-corrected chi connectivity index (χ1v) is 10.0. The lowest BCUT2D eigenvalue weighted by molar-refractivity contribution is -0.0942. The molecule has 2 aromatic rings. The largest absolute Gasteiger partial charge is 0.497 e. The first-order valence-electron chi connectivity index (χ1n) is 8.54. The molecule has 1 N–H and O–H groups in total. The van der Waals surface area contributed by atoms with Gasteiger partial charge in [-0.25, -0.2) is 13.1 Å². The van der Waals surface area contributed by atoms with Crippen molar-refractivity contribution in [1.82, 2.24) is 4.72 Å². The van der Waals surface area contributed by atoms with Crippen LogP contribution in [0.1, 0.15) is 23.6 Å². The summed E-state index contributed by atoms with van der Waals surface area (Å²) in [6.45, 7) is 4.86. The van der Waals surface area contributed by atoms with Crippen LogP contribution in [0.5, 0.6) is 11.5 Å². The number of sulfonamides is 1. The molecular formula is C20H22F3NO4S. The molecule has 0 aliphatic rings. The van der Waals surface area contributed by atoms with Gasteiger partial charge in [0.1, 0.15) is 11.5 Å². The molecule has 0 fully saturated rings. The van der Waals surface area contributed by atoms with Gasteiger partial charge in [-0.1, -0.05) is 30.3 Å². The average Bonchev–Trinajstić information content (AvgIpc) is 2.66. The number of nitrogens with one attached hydrogen (secondary N) is 1. The maximum atomic E-state index is 13.1. The molecule has 29 heavy (non-hydrogen) atoms. The second kappa shape index (κ2) is 8.87. The zero-order valence-electron chi connectivity index (χ0n) is 16.2. The van der Waals surface area contributed by atoms with Crippen molar-refractivity contribution in [2.24, 2.45) is 0 Å². The highest BCUT2D eigenvalue weighted by Gasteiger charge is 2.35. The second-order valence-corrected chi connectivity index (χ2v) is 8.11. The van der Waals surface area contributed by atoms with Gasteiger partial charge in [-0.3, -0.25) is 0 Å². The van der Waals surface area contributed by atoms with Crippen molar-refractivity contribution >= 4 is 10.0 Å². The maximum Gasteiger partial charge on any atom is 0.412 e. The van der Waals surface area contributed by atoms with E-state index in [1.54, 1.807) is 19.1 Å². The van der Waals surface area contributed by atoms with Crippen LogP contribution in [0.3, 0.4) is 0 Å². The van der Waals surface area contributed by atoms with E-state index in [0.717, 1.165) is 5.56 Å². The van der Waals surface area contributed by atoms with E-state index in [1.807, 2.05) is 0 Å². The normalized spacial score (nSPS) is 13.0. The number of alkyl halides is 3. The van der Waals surface area contributed by atoms with E-state index in [2.05, 4.69) is 11.3 Å². The van der Waals surface area contributed by atoms with E-state index >= 15 is 0 Å². The number of hydrogen-bond donors (Lipinski definition) is 1. The summed E-state index contributed by atoms with van der Waals surface area (Å²) in [6.07, 6.45) is -5.34. The van der Waals surface area contributed by atoms with E-state index in [9.17, 15) is 21.6 Å². The highest BCUT2D eigenvalue weighted by molar-refractivity contribution is 7.89. The molecular weight excluding hydrogens is 407 g/mol. The van der Waals surface area contributed by atoms with Crippen LogP contribution in [0.15, 0.2) is 59.5 Å². The molecule has 0 radical (unpaired) electrons. The second-order valence-electron chi connectivity index (χ2n) is 6.40. The summed E-state index contributed by atoms with van der Waals surface area (Å²) in [5.74, 6) is 0.608. The molecule has 5 nitrogen and oxygen atoms in total. The Balaban J connectivity index is 2.48. The molecule has 1 unspecified atom stereocenters.